The molecule has 0 aliphatic rings. The Balaban J connectivity index is 1.52. The lowest BCUT2D eigenvalue weighted by Gasteiger charge is -2.10. The van der Waals surface area contributed by atoms with E-state index in [0.717, 1.165) is 61.0 Å². The van der Waals surface area contributed by atoms with E-state index < -0.39 is 0 Å². The van der Waals surface area contributed by atoms with E-state index in [-0.39, 0.29) is 11.8 Å². The third-order valence-electron chi connectivity index (χ3n) is 5.14. The van der Waals surface area contributed by atoms with Crippen molar-refractivity contribution in [2.75, 3.05) is 10.6 Å². The molecular formula is C24H30Cl2N2O2. The van der Waals surface area contributed by atoms with Crippen molar-refractivity contribution in [1.29, 1.82) is 0 Å². The van der Waals surface area contributed by atoms with Gasteiger partial charge in [0.2, 0.25) is 11.8 Å². The highest BCUT2D eigenvalue weighted by Gasteiger charge is 2.08. The van der Waals surface area contributed by atoms with Crippen LogP contribution in [-0.4, -0.2) is 11.8 Å². The topological polar surface area (TPSA) is 58.2 Å². The number of benzene rings is 2. The maximum absolute atomic E-state index is 12.1. The Hall–Kier alpha value is -2.04. The van der Waals surface area contributed by atoms with Crippen LogP contribution in [0.25, 0.3) is 0 Å². The number of rotatable bonds is 11. The number of anilines is 2. The first-order valence-electron chi connectivity index (χ1n) is 10.5. The van der Waals surface area contributed by atoms with E-state index in [4.69, 9.17) is 23.2 Å². The number of hydrogen-bond acceptors (Lipinski definition) is 2. The number of halogens is 2. The van der Waals surface area contributed by atoms with Gasteiger partial charge in [-0.2, -0.15) is 0 Å². The van der Waals surface area contributed by atoms with Crippen LogP contribution >= 0.6 is 23.2 Å². The fraction of sp³-hybridized carbons (Fsp3) is 0.417. The number of nitrogens with one attached hydrogen (secondary N) is 2. The van der Waals surface area contributed by atoms with Gasteiger partial charge in [0.1, 0.15) is 0 Å². The van der Waals surface area contributed by atoms with Crippen molar-refractivity contribution in [3.8, 4) is 0 Å². The summed E-state index contributed by atoms with van der Waals surface area (Å²) in [5, 5.41) is 7.17. The molecule has 6 heteroatoms. The number of hydrogen-bond donors (Lipinski definition) is 2. The number of carbonyl (C=O) groups is 2. The molecule has 0 aromatic heterocycles. The molecule has 2 amide bonds. The molecule has 0 aliphatic heterocycles. The number of amides is 2. The van der Waals surface area contributed by atoms with Gasteiger partial charge in [-0.05, 0) is 62.1 Å². The molecule has 0 heterocycles. The maximum Gasteiger partial charge on any atom is 0.224 e. The first kappa shape index (κ1) is 24.2. The molecule has 0 aliphatic carbocycles. The van der Waals surface area contributed by atoms with Gasteiger partial charge < -0.3 is 10.6 Å². The fourth-order valence-corrected chi connectivity index (χ4v) is 3.54. The zero-order chi connectivity index (χ0) is 21.9. The Labute approximate surface area is 189 Å². The molecule has 0 bridgehead atoms. The third kappa shape index (κ3) is 8.00. The minimum atomic E-state index is 0.0216. The second kappa shape index (κ2) is 12.6. The monoisotopic (exact) mass is 448 g/mol. The second-order valence-electron chi connectivity index (χ2n) is 7.54. The lowest BCUT2D eigenvalue weighted by molar-refractivity contribution is -0.117. The molecular weight excluding hydrogens is 419 g/mol. The lowest BCUT2D eigenvalue weighted by Crippen LogP contribution is -2.12. The SMILES string of the molecule is Cc1c(Cl)cccc1NC(=O)CCCCCCCCC(=O)Nc1cccc(Cl)c1C. The highest BCUT2D eigenvalue weighted by Crippen LogP contribution is 2.24. The standard InChI is InChI=1S/C24H30Cl2N2O2/c1-17-19(25)11-9-13-21(17)27-23(29)15-7-5-3-4-6-8-16-24(30)28-22-14-10-12-20(26)18(22)2/h9-14H,3-8,15-16H2,1-2H3,(H,27,29)(H,28,30). The molecule has 162 valence electrons. The quantitative estimate of drug-likeness (QED) is 0.354. The Morgan fingerprint density at radius 2 is 1.03 bits per heavy atom. The van der Waals surface area contributed by atoms with Crippen LogP contribution in [0.3, 0.4) is 0 Å². The summed E-state index contributed by atoms with van der Waals surface area (Å²) >= 11 is 12.2. The van der Waals surface area contributed by atoms with Crippen LogP contribution in [0.15, 0.2) is 36.4 Å². The molecule has 2 N–H and O–H groups in total. The van der Waals surface area contributed by atoms with Gasteiger partial charge in [-0.25, -0.2) is 0 Å². The van der Waals surface area contributed by atoms with Crippen molar-refractivity contribution in [2.45, 2.75) is 65.2 Å². The summed E-state index contributed by atoms with van der Waals surface area (Å²) in [5.41, 5.74) is 3.33. The highest BCUT2D eigenvalue weighted by molar-refractivity contribution is 6.32. The average molecular weight is 449 g/mol. The molecule has 0 radical (unpaired) electrons. The van der Waals surface area contributed by atoms with Crippen molar-refractivity contribution in [1.82, 2.24) is 0 Å². The van der Waals surface area contributed by atoms with Gasteiger partial charge in [-0.1, -0.05) is 61.0 Å². The van der Waals surface area contributed by atoms with Gasteiger partial charge in [0.25, 0.3) is 0 Å². The number of unbranched alkanes of at least 4 members (excludes halogenated alkanes) is 5. The van der Waals surface area contributed by atoms with Gasteiger partial charge in [0.15, 0.2) is 0 Å². The van der Waals surface area contributed by atoms with E-state index in [9.17, 15) is 9.59 Å². The van der Waals surface area contributed by atoms with E-state index in [2.05, 4.69) is 10.6 Å². The largest absolute Gasteiger partial charge is 0.326 e. The summed E-state index contributed by atoms with van der Waals surface area (Å²) < 4.78 is 0. The van der Waals surface area contributed by atoms with Crippen molar-refractivity contribution in [3.63, 3.8) is 0 Å². The predicted molar refractivity (Wildman–Crippen MR) is 127 cm³/mol. The third-order valence-corrected chi connectivity index (χ3v) is 5.96. The molecule has 30 heavy (non-hydrogen) atoms. The first-order chi connectivity index (χ1) is 14.4. The summed E-state index contributed by atoms with van der Waals surface area (Å²) in [6.45, 7) is 3.79. The molecule has 0 fully saturated rings. The maximum atomic E-state index is 12.1. The fourth-order valence-electron chi connectivity index (χ4n) is 3.19. The van der Waals surface area contributed by atoms with Crippen molar-refractivity contribution in [3.05, 3.63) is 57.6 Å². The zero-order valence-electron chi connectivity index (χ0n) is 17.7. The Morgan fingerprint density at radius 1 is 0.667 bits per heavy atom. The van der Waals surface area contributed by atoms with Crippen LogP contribution in [0, 0.1) is 13.8 Å². The van der Waals surface area contributed by atoms with Crippen molar-refractivity contribution >= 4 is 46.4 Å². The molecule has 2 aromatic rings. The van der Waals surface area contributed by atoms with Crippen molar-refractivity contribution < 1.29 is 9.59 Å². The Kier molecular flexibility index (Phi) is 10.2. The molecule has 2 aromatic carbocycles. The Bertz CT molecular complexity index is 797. The van der Waals surface area contributed by atoms with Crippen molar-refractivity contribution in [2.24, 2.45) is 0 Å². The van der Waals surface area contributed by atoms with Crippen LogP contribution in [0.5, 0.6) is 0 Å². The summed E-state index contributed by atoms with van der Waals surface area (Å²) in [5.74, 6) is 0.0432. The molecule has 2 rings (SSSR count). The summed E-state index contributed by atoms with van der Waals surface area (Å²) in [7, 11) is 0. The molecule has 4 nitrogen and oxygen atoms in total. The van der Waals surface area contributed by atoms with Gasteiger partial charge >= 0.3 is 0 Å². The molecule has 0 spiro atoms. The van der Waals surface area contributed by atoms with Crippen LogP contribution < -0.4 is 10.6 Å². The van der Waals surface area contributed by atoms with E-state index in [1.54, 1.807) is 0 Å². The second-order valence-corrected chi connectivity index (χ2v) is 8.36. The van der Waals surface area contributed by atoms with E-state index in [1.807, 2.05) is 50.2 Å². The normalized spacial score (nSPS) is 10.7. The van der Waals surface area contributed by atoms with Crippen LogP contribution in [0.1, 0.15) is 62.5 Å². The predicted octanol–water partition coefficient (Wildman–Crippen LogP) is 7.31. The average Bonchev–Trinajstić information content (AvgIpc) is 2.71. The van der Waals surface area contributed by atoms with Gasteiger partial charge in [-0.3, -0.25) is 9.59 Å². The van der Waals surface area contributed by atoms with E-state index in [0.29, 0.717) is 22.9 Å². The smallest absolute Gasteiger partial charge is 0.224 e. The molecule has 0 saturated heterocycles. The highest BCUT2D eigenvalue weighted by atomic mass is 35.5. The van der Waals surface area contributed by atoms with E-state index in [1.165, 1.54) is 0 Å². The minimum Gasteiger partial charge on any atom is -0.326 e. The summed E-state index contributed by atoms with van der Waals surface area (Å²) in [6, 6.07) is 11.0. The van der Waals surface area contributed by atoms with E-state index >= 15 is 0 Å². The van der Waals surface area contributed by atoms with Gasteiger partial charge in [-0.15, -0.1) is 0 Å². The van der Waals surface area contributed by atoms with Gasteiger partial charge in [0, 0.05) is 34.3 Å². The van der Waals surface area contributed by atoms with Crippen LogP contribution in [-0.2, 0) is 9.59 Å². The van der Waals surface area contributed by atoms with Crippen LogP contribution in [0.4, 0.5) is 11.4 Å². The Morgan fingerprint density at radius 3 is 1.43 bits per heavy atom. The molecule has 0 unspecified atom stereocenters. The number of carbonyl (C=O) groups excluding carboxylic acids is 2. The molecule has 0 saturated carbocycles. The first-order valence-corrected chi connectivity index (χ1v) is 11.2. The summed E-state index contributed by atoms with van der Waals surface area (Å²) in [4.78, 5) is 24.1. The lowest BCUT2D eigenvalue weighted by atomic mass is 10.1. The molecule has 0 atom stereocenters. The van der Waals surface area contributed by atoms with Crippen LogP contribution in [0.2, 0.25) is 10.0 Å². The summed E-state index contributed by atoms with van der Waals surface area (Å²) in [6.07, 6.45) is 6.89. The van der Waals surface area contributed by atoms with Gasteiger partial charge in [0.05, 0.1) is 0 Å². The minimum absolute atomic E-state index is 0.0216. The zero-order valence-corrected chi connectivity index (χ0v) is 19.2.